The molecule has 9 aromatic carbocycles. The van der Waals surface area contributed by atoms with Gasteiger partial charge >= 0.3 is 17.9 Å². The Morgan fingerprint density at radius 1 is 0.350 bits per heavy atom. The molecule has 6 amide bonds. The first-order valence-electron chi connectivity index (χ1n) is 45.3. The van der Waals surface area contributed by atoms with Crippen molar-refractivity contribution in [1.29, 1.82) is 0 Å². The molecule has 0 aliphatic carbocycles. The highest BCUT2D eigenvalue weighted by Gasteiger charge is 2.36. The summed E-state index contributed by atoms with van der Waals surface area (Å²) in [6.07, 6.45) is 10.2. The molecule has 3 N–H and O–H groups in total. The van der Waals surface area contributed by atoms with Crippen molar-refractivity contribution in [2.75, 3.05) is 81.5 Å². The molecular formula is C105H111N9O26. The van der Waals surface area contributed by atoms with Crippen LogP contribution in [-0.2, 0) is 96.1 Å². The molecule has 9 aromatic rings. The number of nitro benzene ring substituents is 3. The summed E-state index contributed by atoms with van der Waals surface area (Å²) in [5, 5.41) is 42.8. The first-order chi connectivity index (χ1) is 67.6. The number of non-ortho nitro benzene ring substituents is 3. The topological polar surface area (TPSA) is 454 Å². The summed E-state index contributed by atoms with van der Waals surface area (Å²) in [5.74, 6) is -7.42. The molecule has 0 saturated heterocycles. The van der Waals surface area contributed by atoms with E-state index in [1.54, 1.807) is 126 Å². The molecular weight excluding hydrogens is 1800 g/mol. The van der Waals surface area contributed by atoms with Gasteiger partial charge in [-0.25, -0.2) is 14.4 Å². The predicted molar refractivity (Wildman–Crippen MR) is 514 cm³/mol. The molecule has 0 bridgehead atoms. The SMILES string of the molecule is COC(=O)[C@@H]1CCC(=O)N(CCc2ccccc2)C/C=C/COc2ccc([N+](=O)[O-])cc2C(=O)C[C@H](Cc2ccccc2)C(=O)N1.COC(=O)[C@@H]1CCC(=O)N(Cc2ccc(OC)cc2)C/C=C/COc2ccc([N+](=O)[O-])cc2C(=O)C[C@H](Cc2ccccc2)C(=O)N1.COC(=O)[C@@H]1CCC(=O)N(Cc2ccc(OC)cc2)C/C=C\COc2ccc([N+](=O)[O-])cc2C(=O)C[C@H](Cc2ccccc2)C(=O)N1. The second kappa shape index (κ2) is 54.4. The van der Waals surface area contributed by atoms with Crippen molar-refractivity contribution in [3.63, 3.8) is 0 Å². The number of ether oxygens (including phenoxy) is 8. The fourth-order valence-corrected chi connectivity index (χ4v) is 15.6. The smallest absolute Gasteiger partial charge is 0.328 e. The minimum absolute atomic E-state index is 0.00700. The molecule has 35 nitrogen and oxygen atoms in total. The number of esters is 3. The number of carbonyl (C=O) groups is 12. The fraction of sp³-hybridized carbons (Fsp3) is 0.314. The van der Waals surface area contributed by atoms with E-state index in [4.69, 9.17) is 37.9 Å². The van der Waals surface area contributed by atoms with Crippen molar-refractivity contribution in [3.05, 3.63) is 341 Å². The van der Waals surface area contributed by atoms with E-state index in [9.17, 15) is 87.9 Å². The maximum Gasteiger partial charge on any atom is 0.328 e. The third-order valence-corrected chi connectivity index (χ3v) is 23.3. The predicted octanol–water partition coefficient (Wildman–Crippen LogP) is 13.4. The van der Waals surface area contributed by atoms with E-state index in [1.165, 1.54) is 57.7 Å². The number of hydrogen-bond acceptors (Lipinski definition) is 26. The highest BCUT2D eigenvalue weighted by molar-refractivity contribution is 6.04. The standard InChI is InChI=1S/2C35H37N3O9.C35H37N3O8/c2*1-45-28-13-10-25(11-14-28)23-37-18-6-7-19-47-32-16-12-27(38(43)44)22-29(32)31(39)21-26(20-24-8-4-3-5-9-24)34(41)36-30(35(42)46-2)15-17-33(37)40;1-45-35(42)30-15-17-33(40)37(20-18-25-10-4-2-5-11-25)19-8-9-21-46-32-16-14-28(38(43)44)24-29(32)31(39)23-27(34(41)36-30)22-26-12-6-3-7-13-26/h2*3-14,16,22,26,30H,15,17-21,23H2,1-2H3,(H,36,41);2-14,16,24,27,30H,15,17-23H2,1H3,(H,36,41)/b7-6+;7-6-;9-8+/t2*26-,30-;27-,30-/m000/s1. The molecule has 3 heterocycles. The van der Waals surface area contributed by atoms with Gasteiger partial charge in [0.05, 0.1) is 67.0 Å². The van der Waals surface area contributed by atoms with Crippen LogP contribution in [0, 0.1) is 48.1 Å². The van der Waals surface area contributed by atoms with Gasteiger partial charge in [0.15, 0.2) is 17.3 Å². The summed E-state index contributed by atoms with van der Waals surface area (Å²) in [6, 6.07) is 59.2. The molecule has 140 heavy (non-hydrogen) atoms. The Kier molecular flexibility index (Phi) is 41.1. The molecule has 3 aliphatic rings. The van der Waals surface area contributed by atoms with Gasteiger partial charge in [-0.05, 0) is 139 Å². The van der Waals surface area contributed by atoms with Crippen molar-refractivity contribution >= 4 is 87.8 Å². The number of Topliss-reactive ketones (excluding diaryl/α,β-unsaturated/α-hetero) is 3. The van der Waals surface area contributed by atoms with Crippen molar-refractivity contribution in [1.82, 2.24) is 30.7 Å². The number of fused-ring (bicyclic) bond motifs is 3. The maximum absolute atomic E-state index is 13.7. The summed E-state index contributed by atoms with van der Waals surface area (Å²) in [5.41, 5.74) is 4.09. The zero-order chi connectivity index (χ0) is 100. The molecule has 0 radical (unpaired) electrons. The van der Waals surface area contributed by atoms with Gasteiger partial charge in [0.2, 0.25) is 35.4 Å². The molecule has 0 saturated carbocycles. The third kappa shape index (κ3) is 32.7. The lowest BCUT2D eigenvalue weighted by Gasteiger charge is -2.24. The van der Waals surface area contributed by atoms with Crippen molar-refractivity contribution < 1.29 is 110 Å². The van der Waals surface area contributed by atoms with Crippen molar-refractivity contribution in [3.8, 4) is 28.7 Å². The number of hydrogen-bond donors (Lipinski definition) is 3. The Labute approximate surface area is 808 Å². The number of nitrogens with one attached hydrogen (secondary N) is 3. The van der Waals surface area contributed by atoms with Crippen LogP contribution >= 0.6 is 0 Å². The lowest BCUT2D eigenvalue weighted by Crippen LogP contribution is -2.46. The van der Waals surface area contributed by atoms with Crippen LogP contribution in [0.3, 0.4) is 0 Å². The Hall–Kier alpha value is -16.4. The summed E-state index contributed by atoms with van der Waals surface area (Å²) < 4.78 is 42.9. The van der Waals surface area contributed by atoms with E-state index in [0.717, 1.165) is 51.6 Å². The van der Waals surface area contributed by atoms with Gasteiger partial charge in [0.25, 0.3) is 17.1 Å². The van der Waals surface area contributed by atoms with E-state index in [2.05, 4.69) is 16.0 Å². The molecule has 35 heteroatoms. The van der Waals surface area contributed by atoms with Crippen LogP contribution in [0.15, 0.2) is 261 Å². The fourth-order valence-electron chi connectivity index (χ4n) is 15.6. The van der Waals surface area contributed by atoms with Crippen LogP contribution < -0.4 is 39.6 Å². The first kappa shape index (κ1) is 106. The minimum atomic E-state index is -1.16. The number of methoxy groups -OCH3 is 5. The van der Waals surface area contributed by atoms with Gasteiger partial charge in [-0.15, -0.1) is 0 Å². The molecule has 0 spiro atoms. The van der Waals surface area contributed by atoms with E-state index in [1.807, 2.05) is 109 Å². The van der Waals surface area contributed by atoms with Crippen LogP contribution in [0.1, 0.15) is 122 Å². The van der Waals surface area contributed by atoms with Crippen LogP contribution in [-0.4, -0.2) is 200 Å². The largest absolute Gasteiger partial charge is 0.497 e. The second-order valence-electron chi connectivity index (χ2n) is 32.9. The van der Waals surface area contributed by atoms with Crippen LogP contribution in [0.25, 0.3) is 0 Å². The normalized spacial score (nSPS) is 18.7. The Bertz CT molecular complexity index is 5660. The Morgan fingerprint density at radius 3 is 0.907 bits per heavy atom. The Balaban J connectivity index is 0.000000216. The zero-order valence-corrected chi connectivity index (χ0v) is 78.1. The number of nitrogens with zero attached hydrogens (tertiary/aromatic N) is 6. The summed E-state index contributed by atoms with van der Waals surface area (Å²) in [7, 11) is 6.71. The average Bonchev–Trinajstić information content (AvgIpc) is 0.908. The highest BCUT2D eigenvalue weighted by atomic mass is 16.6. The monoisotopic (exact) mass is 1910 g/mol. The van der Waals surface area contributed by atoms with E-state index in [-0.39, 0.29) is 198 Å². The number of nitro groups is 3. The van der Waals surface area contributed by atoms with E-state index in [0.29, 0.717) is 24.5 Å². The molecule has 0 aromatic heterocycles. The molecule has 0 fully saturated rings. The van der Waals surface area contributed by atoms with Crippen LogP contribution in [0.5, 0.6) is 28.7 Å². The number of amides is 6. The average molecular weight is 1920 g/mol. The van der Waals surface area contributed by atoms with Gasteiger partial charge < -0.3 is 68.5 Å². The molecule has 0 unspecified atom stereocenters. The van der Waals surface area contributed by atoms with Gasteiger partial charge in [-0.3, -0.25) is 73.5 Å². The summed E-state index contributed by atoms with van der Waals surface area (Å²) >= 11 is 0. The van der Waals surface area contributed by atoms with Gasteiger partial charge in [-0.1, -0.05) is 164 Å². The first-order valence-corrected chi connectivity index (χ1v) is 45.3. The third-order valence-electron chi connectivity index (χ3n) is 23.3. The lowest BCUT2D eigenvalue weighted by molar-refractivity contribution is -0.385. The van der Waals surface area contributed by atoms with Gasteiger partial charge in [0, 0.05) is 132 Å². The number of benzene rings is 9. The molecule has 12 rings (SSSR count). The summed E-state index contributed by atoms with van der Waals surface area (Å²) in [6.45, 7) is 1.69. The molecule has 3 aliphatic heterocycles. The second-order valence-corrected chi connectivity index (χ2v) is 32.9. The van der Waals surface area contributed by atoms with E-state index >= 15 is 0 Å². The maximum atomic E-state index is 13.7. The summed E-state index contributed by atoms with van der Waals surface area (Å²) in [4.78, 5) is 199. The minimum Gasteiger partial charge on any atom is -0.497 e. The van der Waals surface area contributed by atoms with Gasteiger partial charge in [-0.2, -0.15) is 0 Å². The number of ketones is 3. The van der Waals surface area contributed by atoms with Crippen LogP contribution in [0.4, 0.5) is 17.1 Å². The quantitative estimate of drug-likeness (QED) is 0.0198. The zero-order valence-electron chi connectivity index (χ0n) is 78.1. The highest BCUT2D eigenvalue weighted by Crippen LogP contribution is 2.33. The van der Waals surface area contributed by atoms with Crippen molar-refractivity contribution in [2.45, 2.75) is 115 Å². The molecule has 6 atom stereocenters. The lowest BCUT2D eigenvalue weighted by atomic mass is 9.90. The molecule has 732 valence electrons. The Morgan fingerprint density at radius 2 is 0.629 bits per heavy atom. The van der Waals surface area contributed by atoms with E-state index < -0.39 is 104 Å². The number of carbonyl (C=O) groups excluding carboxylic acids is 12. The van der Waals surface area contributed by atoms with Crippen molar-refractivity contribution in [2.24, 2.45) is 17.8 Å². The number of rotatable bonds is 21. The van der Waals surface area contributed by atoms with Crippen LogP contribution in [0.2, 0.25) is 0 Å². The van der Waals surface area contributed by atoms with Gasteiger partial charge in [0.1, 0.15) is 66.7 Å².